The molecule has 1 fully saturated rings. The van der Waals surface area contributed by atoms with Crippen LogP contribution in [0, 0.1) is 17.7 Å². The summed E-state index contributed by atoms with van der Waals surface area (Å²) < 4.78 is 13.5. The number of nitrogens with two attached hydrogens (primary N) is 1. The van der Waals surface area contributed by atoms with Crippen molar-refractivity contribution in [2.75, 3.05) is 5.73 Å². The molecule has 2 aromatic rings. The lowest BCUT2D eigenvalue weighted by atomic mass is 9.89. The second-order valence-corrected chi connectivity index (χ2v) is 6.28. The molecule has 4 nitrogen and oxygen atoms in total. The molecule has 2 aromatic carbocycles. The molecule has 1 aliphatic carbocycles. The van der Waals surface area contributed by atoms with Crippen molar-refractivity contribution in [2.45, 2.75) is 26.2 Å². The third-order valence-electron chi connectivity index (χ3n) is 4.70. The summed E-state index contributed by atoms with van der Waals surface area (Å²) in [4.78, 5) is 28.8. The van der Waals surface area contributed by atoms with Crippen LogP contribution in [0.1, 0.15) is 36.5 Å². The number of halogens is 1. The molecule has 0 unspecified atom stereocenters. The summed E-state index contributed by atoms with van der Waals surface area (Å²) in [5.74, 6) is 0.440. The van der Waals surface area contributed by atoms with Crippen LogP contribution in [0.5, 0.6) is 0 Å². The molecule has 130 valence electrons. The highest BCUT2D eigenvalue weighted by molar-refractivity contribution is 5.98. The van der Waals surface area contributed by atoms with E-state index < -0.39 is 5.82 Å². The van der Waals surface area contributed by atoms with Gasteiger partial charge >= 0.3 is 6.15 Å². The number of rotatable bonds is 3. The molecule has 2 N–H and O–H groups in total. The first-order valence-corrected chi connectivity index (χ1v) is 8.17. The molecule has 1 aliphatic rings. The SMILES string of the molecule is C[C@@H]1CCC[C@H]1C(=O)c1ccc(-c2ccc(N)c(F)c2)cc1.O=C=O. The van der Waals surface area contributed by atoms with E-state index in [1.54, 1.807) is 12.1 Å². The van der Waals surface area contributed by atoms with Crippen molar-refractivity contribution < 1.29 is 18.8 Å². The highest BCUT2D eigenvalue weighted by Gasteiger charge is 2.30. The lowest BCUT2D eigenvalue weighted by Crippen LogP contribution is -2.17. The smallest absolute Gasteiger partial charge is 0.373 e. The maximum absolute atomic E-state index is 13.5. The molecule has 0 spiro atoms. The van der Waals surface area contributed by atoms with E-state index in [1.165, 1.54) is 6.07 Å². The Kier molecular flexibility index (Phi) is 6.20. The van der Waals surface area contributed by atoms with Gasteiger partial charge in [0.1, 0.15) is 5.82 Å². The van der Waals surface area contributed by atoms with Crippen molar-refractivity contribution in [3.8, 4) is 11.1 Å². The lowest BCUT2D eigenvalue weighted by molar-refractivity contribution is -0.191. The highest BCUT2D eigenvalue weighted by atomic mass is 19.1. The molecule has 0 aromatic heterocycles. The van der Waals surface area contributed by atoms with Crippen LogP contribution in [0.25, 0.3) is 11.1 Å². The van der Waals surface area contributed by atoms with Crippen molar-refractivity contribution in [3.63, 3.8) is 0 Å². The molecule has 5 heteroatoms. The van der Waals surface area contributed by atoms with Crippen molar-refractivity contribution in [1.29, 1.82) is 0 Å². The fourth-order valence-electron chi connectivity index (χ4n) is 3.28. The summed E-state index contributed by atoms with van der Waals surface area (Å²) >= 11 is 0. The maximum Gasteiger partial charge on any atom is 0.373 e. The van der Waals surface area contributed by atoms with E-state index in [0.717, 1.165) is 36.0 Å². The second kappa shape index (κ2) is 8.36. The molecule has 2 atom stereocenters. The number of Topliss-reactive ketones (excluding diaryl/α,β-unsaturated/α-hetero) is 1. The average molecular weight is 341 g/mol. The topological polar surface area (TPSA) is 77.2 Å². The van der Waals surface area contributed by atoms with Gasteiger partial charge in [0.25, 0.3) is 0 Å². The lowest BCUT2D eigenvalue weighted by Gasteiger charge is -2.14. The Balaban J connectivity index is 0.000000701. The number of carbonyl (C=O) groups is 1. The quantitative estimate of drug-likeness (QED) is 0.673. The molecular weight excluding hydrogens is 321 g/mol. The van der Waals surface area contributed by atoms with E-state index in [0.29, 0.717) is 5.92 Å². The van der Waals surface area contributed by atoms with Crippen molar-refractivity contribution in [2.24, 2.45) is 11.8 Å². The van der Waals surface area contributed by atoms with Crippen LogP contribution in [0.2, 0.25) is 0 Å². The van der Waals surface area contributed by atoms with Gasteiger partial charge in [-0.2, -0.15) is 9.59 Å². The third kappa shape index (κ3) is 4.40. The van der Waals surface area contributed by atoms with E-state index in [1.807, 2.05) is 24.3 Å². The number of nitrogen functional groups attached to an aromatic ring is 1. The van der Waals surface area contributed by atoms with Crippen molar-refractivity contribution in [1.82, 2.24) is 0 Å². The third-order valence-corrected chi connectivity index (χ3v) is 4.70. The van der Waals surface area contributed by atoms with E-state index in [4.69, 9.17) is 15.3 Å². The minimum atomic E-state index is -0.419. The van der Waals surface area contributed by atoms with Crippen molar-refractivity contribution in [3.05, 3.63) is 53.8 Å². The molecule has 0 saturated heterocycles. The fraction of sp³-hybridized carbons (Fsp3) is 0.300. The van der Waals surface area contributed by atoms with Crippen molar-refractivity contribution >= 4 is 17.6 Å². The zero-order valence-corrected chi connectivity index (χ0v) is 14.0. The van der Waals surface area contributed by atoms with E-state index in [-0.39, 0.29) is 23.5 Å². The zero-order chi connectivity index (χ0) is 18.4. The van der Waals surface area contributed by atoms with Crippen LogP contribution in [-0.2, 0) is 9.59 Å². The van der Waals surface area contributed by atoms with Crippen LogP contribution in [0.4, 0.5) is 10.1 Å². The summed E-state index contributed by atoms with van der Waals surface area (Å²) in [6, 6.07) is 12.2. The Morgan fingerprint density at radius 1 is 1.08 bits per heavy atom. The van der Waals surface area contributed by atoms with Crippen LogP contribution >= 0.6 is 0 Å². The summed E-state index contributed by atoms with van der Waals surface area (Å²) in [5, 5.41) is 0. The van der Waals surface area contributed by atoms with Gasteiger partial charge in [-0.25, -0.2) is 4.39 Å². The summed E-state index contributed by atoms with van der Waals surface area (Å²) in [6.45, 7) is 2.15. The minimum absolute atomic E-state index is 0.144. The van der Waals surface area contributed by atoms with E-state index in [9.17, 15) is 9.18 Å². The molecule has 0 heterocycles. The molecule has 1 saturated carbocycles. The number of anilines is 1. The second-order valence-electron chi connectivity index (χ2n) is 6.28. The summed E-state index contributed by atoms with van der Waals surface area (Å²) in [5.41, 5.74) is 8.03. The van der Waals surface area contributed by atoms with Crippen LogP contribution < -0.4 is 5.73 Å². The Bertz CT molecular complexity index is 780. The van der Waals surface area contributed by atoms with Gasteiger partial charge < -0.3 is 5.73 Å². The Morgan fingerprint density at radius 3 is 2.20 bits per heavy atom. The molecule has 0 aliphatic heterocycles. The highest BCUT2D eigenvalue weighted by Crippen LogP contribution is 2.34. The fourth-order valence-corrected chi connectivity index (χ4v) is 3.28. The standard InChI is InChI=1S/C19H20FNO.CO2/c1-12-3-2-4-16(12)19(22)14-7-5-13(6-8-14)15-9-10-18(21)17(20)11-15;2-1-3/h5-12,16H,2-4,21H2,1H3;/t12-,16-;/m1./s1. The van der Waals surface area contributed by atoms with Crippen LogP contribution in [-0.4, -0.2) is 11.9 Å². The first-order chi connectivity index (χ1) is 12.0. The summed E-state index contributed by atoms with van der Waals surface area (Å²) in [6.07, 6.45) is 3.52. The minimum Gasteiger partial charge on any atom is -0.396 e. The number of benzene rings is 2. The molecule has 0 radical (unpaired) electrons. The average Bonchev–Trinajstić information content (AvgIpc) is 3.03. The molecule has 0 bridgehead atoms. The van der Waals surface area contributed by atoms with Gasteiger partial charge in [0.15, 0.2) is 5.78 Å². The van der Waals surface area contributed by atoms with E-state index >= 15 is 0 Å². The largest absolute Gasteiger partial charge is 0.396 e. The van der Waals surface area contributed by atoms with E-state index in [2.05, 4.69) is 6.92 Å². The van der Waals surface area contributed by atoms with Gasteiger partial charge in [-0.3, -0.25) is 4.79 Å². The number of carbonyl (C=O) groups excluding carboxylic acids is 3. The zero-order valence-electron chi connectivity index (χ0n) is 14.0. The van der Waals surface area contributed by atoms with Gasteiger partial charge in [-0.05, 0) is 42.0 Å². The monoisotopic (exact) mass is 341 g/mol. The van der Waals surface area contributed by atoms with Crippen LogP contribution in [0.15, 0.2) is 42.5 Å². The first kappa shape index (κ1) is 18.6. The molecular formula is C20H20FNO3. The predicted octanol–water partition coefficient (Wildman–Crippen LogP) is 4.11. The van der Waals surface area contributed by atoms with Gasteiger partial charge in [0.2, 0.25) is 0 Å². The van der Waals surface area contributed by atoms with Gasteiger partial charge in [-0.15, -0.1) is 0 Å². The number of hydrogen-bond acceptors (Lipinski definition) is 4. The number of ketones is 1. The molecule has 3 rings (SSSR count). The molecule has 25 heavy (non-hydrogen) atoms. The Labute approximate surface area is 145 Å². The first-order valence-electron chi connectivity index (χ1n) is 8.17. The number of hydrogen-bond donors (Lipinski definition) is 1. The predicted molar refractivity (Wildman–Crippen MR) is 92.1 cm³/mol. The molecule has 0 amide bonds. The van der Waals surface area contributed by atoms with Crippen LogP contribution in [0.3, 0.4) is 0 Å². The maximum atomic E-state index is 13.5. The van der Waals surface area contributed by atoms with Gasteiger partial charge in [0.05, 0.1) is 5.69 Å². The Hall–Kier alpha value is -2.78. The summed E-state index contributed by atoms with van der Waals surface area (Å²) in [7, 11) is 0. The normalized spacial score (nSPS) is 18.8. The Morgan fingerprint density at radius 2 is 1.68 bits per heavy atom. The van der Waals surface area contributed by atoms with Gasteiger partial charge in [0, 0.05) is 11.5 Å². The van der Waals surface area contributed by atoms with Gasteiger partial charge in [-0.1, -0.05) is 43.7 Å².